The number of methoxy groups -OCH3 is 2. The van der Waals surface area contributed by atoms with Gasteiger partial charge in [-0.05, 0) is 36.6 Å². The molecule has 1 rings (SSSR count). The molecule has 5 nitrogen and oxygen atoms in total. The fraction of sp³-hybridized carbons (Fsp3) is 0.455. The molecule has 1 aromatic carbocycles. The van der Waals surface area contributed by atoms with Gasteiger partial charge >= 0.3 is 0 Å². The fourth-order valence-electron chi connectivity index (χ4n) is 1.52. The van der Waals surface area contributed by atoms with Gasteiger partial charge in [0.2, 0.25) is 11.3 Å². The molecule has 2 N–H and O–H groups in total. The minimum atomic E-state index is -1.94. The standard InChI is InChI=1S/C11H17NO4S/c1-15-10-5-6-11(16-2)9(8-10)4-3-7-12-17(13)14/h5-6,8,12H,3-4,7H2,1-2H3,(H,13,14). The van der Waals surface area contributed by atoms with Crippen LogP contribution in [0, 0.1) is 0 Å². The van der Waals surface area contributed by atoms with E-state index in [-0.39, 0.29) is 0 Å². The van der Waals surface area contributed by atoms with E-state index < -0.39 is 11.3 Å². The van der Waals surface area contributed by atoms with Crippen molar-refractivity contribution in [3.63, 3.8) is 0 Å². The topological polar surface area (TPSA) is 67.8 Å². The van der Waals surface area contributed by atoms with Crippen LogP contribution in [-0.2, 0) is 17.7 Å². The molecule has 0 aliphatic rings. The molecule has 1 unspecified atom stereocenters. The van der Waals surface area contributed by atoms with Gasteiger partial charge in [-0.3, -0.25) is 4.55 Å². The van der Waals surface area contributed by atoms with Gasteiger partial charge < -0.3 is 9.47 Å². The van der Waals surface area contributed by atoms with Crippen LogP contribution in [0.4, 0.5) is 0 Å². The molecule has 0 saturated heterocycles. The Morgan fingerprint density at radius 1 is 1.35 bits per heavy atom. The lowest BCUT2D eigenvalue weighted by Crippen LogP contribution is -2.17. The van der Waals surface area contributed by atoms with Crippen LogP contribution in [-0.4, -0.2) is 29.5 Å². The van der Waals surface area contributed by atoms with E-state index in [0.717, 1.165) is 29.9 Å². The van der Waals surface area contributed by atoms with Crippen LogP contribution < -0.4 is 14.2 Å². The van der Waals surface area contributed by atoms with E-state index in [2.05, 4.69) is 4.72 Å². The molecule has 0 amide bonds. The monoisotopic (exact) mass is 259 g/mol. The highest BCUT2D eigenvalue weighted by molar-refractivity contribution is 7.77. The number of rotatable bonds is 7. The largest absolute Gasteiger partial charge is 0.497 e. The predicted octanol–water partition coefficient (Wildman–Crippen LogP) is 1.36. The minimum Gasteiger partial charge on any atom is -0.497 e. The van der Waals surface area contributed by atoms with Crippen molar-refractivity contribution in [1.29, 1.82) is 0 Å². The zero-order chi connectivity index (χ0) is 12.7. The molecule has 0 saturated carbocycles. The number of ether oxygens (including phenoxy) is 2. The fourth-order valence-corrected chi connectivity index (χ4v) is 1.83. The van der Waals surface area contributed by atoms with Crippen LogP contribution in [0.1, 0.15) is 12.0 Å². The van der Waals surface area contributed by atoms with Crippen molar-refractivity contribution in [3.8, 4) is 11.5 Å². The van der Waals surface area contributed by atoms with E-state index in [4.69, 9.17) is 14.0 Å². The van der Waals surface area contributed by atoms with Gasteiger partial charge in [0.05, 0.1) is 14.2 Å². The molecule has 0 aliphatic carbocycles. The molecule has 17 heavy (non-hydrogen) atoms. The summed E-state index contributed by atoms with van der Waals surface area (Å²) in [6, 6.07) is 5.60. The Bertz CT molecular complexity index is 384. The molecule has 6 heteroatoms. The summed E-state index contributed by atoms with van der Waals surface area (Å²) in [6.45, 7) is 0.476. The molecule has 1 aromatic rings. The average Bonchev–Trinajstić information content (AvgIpc) is 2.34. The lowest BCUT2D eigenvalue weighted by atomic mass is 10.1. The summed E-state index contributed by atoms with van der Waals surface area (Å²) >= 11 is -1.94. The van der Waals surface area contributed by atoms with Crippen molar-refractivity contribution >= 4 is 11.3 Å². The maximum Gasteiger partial charge on any atom is 0.231 e. The van der Waals surface area contributed by atoms with Crippen molar-refractivity contribution in [2.75, 3.05) is 20.8 Å². The lowest BCUT2D eigenvalue weighted by Gasteiger charge is -2.10. The highest BCUT2D eigenvalue weighted by Gasteiger charge is 2.05. The Hall–Kier alpha value is -1.11. The Kier molecular flexibility index (Phi) is 5.96. The van der Waals surface area contributed by atoms with E-state index in [9.17, 15) is 4.21 Å². The lowest BCUT2D eigenvalue weighted by molar-refractivity contribution is 0.398. The molecular weight excluding hydrogens is 242 g/mol. The van der Waals surface area contributed by atoms with Gasteiger partial charge in [0.25, 0.3) is 0 Å². The Labute approximate surface area is 104 Å². The normalized spacial score (nSPS) is 12.2. The Morgan fingerprint density at radius 2 is 2.12 bits per heavy atom. The third-order valence-electron chi connectivity index (χ3n) is 2.34. The van der Waals surface area contributed by atoms with Crippen LogP contribution in [0.25, 0.3) is 0 Å². The Morgan fingerprint density at radius 3 is 2.71 bits per heavy atom. The highest BCUT2D eigenvalue weighted by Crippen LogP contribution is 2.24. The molecule has 0 spiro atoms. The van der Waals surface area contributed by atoms with Crippen LogP contribution in [0.15, 0.2) is 18.2 Å². The first kappa shape index (κ1) is 14.0. The van der Waals surface area contributed by atoms with Gasteiger partial charge in [0.1, 0.15) is 11.5 Å². The van der Waals surface area contributed by atoms with Gasteiger partial charge in [-0.15, -0.1) is 0 Å². The molecule has 0 fully saturated rings. The van der Waals surface area contributed by atoms with E-state index >= 15 is 0 Å². The summed E-state index contributed by atoms with van der Waals surface area (Å²) in [5.41, 5.74) is 1.03. The van der Waals surface area contributed by atoms with Gasteiger partial charge in [0, 0.05) is 6.54 Å². The van der Waals surface area contributed by atoms with Crippen LogP contribution in [0.2, 0.25) is 0 Å². The van der Waals surface area contributed by atoms with E-state index in [1.807, 2.05) is 18.2 Å². The van der Waals surface area contributed by atoms with Crippen LogP contribution >= 0.6 is 0 Å². The zero-order valence-electron chi connectivity index (χ0n) is 9.93. The first-order valence-electron chi connectivity index (χ1n) is 5.22. The Balaban J connectivity index is 2.58. The van der Waals surface area contributed by atoms with Gasteiger partial charge in [-0.2, -0.15) is 0 Å². The number of nitrogens with one attached hydrogen (secondary N) is 1. The summed E-state index contributed by atoms with van der Waals surface area (Å²) < 4.78 is 31.8. The molecule has 1 atom stereocenters. The first-order chi connectivity index (χ1) is 8.17. The molecule has 0 aromatic heterocycles. The van der Waals surface area contributed by atoms with E-state index in [1.54, 1.807) is 14.2 Å². The van der Waals surface area contributed by atoms with Crippen molar-refractivity contribution in [2.45, 2.75) is 12.8 Å². The number of hydrogen-bond acceptors (Lipinski definition) is 3. The molecule has 0 heterocycles. The van der Waals surface area contributed by atoms with Gasteiger partial charge in [0.15, 0.2) is 0 Å². The van der Waals surface area contributed by atoms with E-state index in [1.165, 1.54) is 0 Å². The van der Waals surface area contributed by atoms with Crippen LogP contribution in [0.3, 0.4) is 0 Å². The quantitative estimate of drug-likeness (QED) is 0.573. The number of hydrogen-bond donors (Lipinski definition) is 2. The number of benzene rings is 1. The zero-order valence-corrected chi connectivity index (χ0v) is 10.8. The smallest absolute Gasteiger partial charge is 0.231 e. The van der Waals surface area contributed by atoms with Crippen molar-refractivity contribution < 1.29 is 18.2 Å². The van der Waals surface area contributed by atoms with E-state index in [0.29, 0.717) is 6.54 Å². The average molecular weight is 259 g/mol. The summed E-state index contributed by atoms with van der Waals surface area (Å²) in [5.74, 6) is 1.58. The SMILES string of the molecule is COc1ccc(OC)c(CCCNS(=O)O)c1. The van der Waals surface area contributed by atoms with Crippen molar-refractivity contribution in [2.24, 2.45) is 0 Å². The summed E-state index contributed by atoms with van der Waals surface area (Å²) in [7, 11) is 3.23. The highest BCUT2D eigenvalue weighted by atomic mass is 32.2. The third kappa shape index (κ3) is 4.72. The third-order valence-corrected chi connectivity index (χ3v) is 2.79. The first-order valence-corrected chi connectivity index (χ1v) is 6.33. The molecular formula is C11H17NO4S. The van der Waals surface area contributed by atoms with Crippen molar-refractivity contribution in [3.05, 3.63) is 23.8 Å². The van der Waals surface area contributed by atoms with Gasteiger partial charge in [-0.1, -0.05) is 0 Å². The second-order valence-corrected chi connectivity index (χ2v) is 4.21. The summed E-state index contributed by atoms with van der Waals surface area (Å²) in [5, 5.41) is 0. The van der Waals surface area contributed by atoms with Crippen molar-refractivity contribution in [1.82, 2.24) is 4.72 Å². The maximum absolute atomic E-state index is 10.4. The number of aryl methyl sites for hydroxylation is 1. The second-order valence-electron chi connectivity index (χ2n) is 3.42. The summed E-state index contributed by atoms with van der Waals surface area (Å²) in [4.78, 5) is 0. The second kappa shape index (κ2) is 7.26. The molecule has 0 bridgehead atoms. The molecule has 0 aliphatic heterocycles. The van der Waals surface area contributed by atoms with Gasteiger partial charge in [-0.25, -0.2) is 8.93 Å². The molecule has 96 valence electrons. The molecule has 0 radical (unpaired) electrons. The predicted molar refractivity (Wildman–Crippen MR) is 66.6 cm³/mol. The van der Waals surface area contributed by atoms with Crippen LogP contribution in [0.5, 0.6) is 11.5 Å². The maximum atomic E-state index is 10.4. The minimum absolute atomic E-state index is 0.476. The summed E-state index contributed by atoms with van der Waals surface area (Å²) in [6.07, 6.45) is 1.50.